The maximum Gasteiger partial charge on any atom is 0.220 e. The summed E-state index contributed by atoms with van der Waals surface area (Å²) in [4.78, 5) is 12.0. The minimum absolute atomic E-state index is 0.0161. The molecule has 106 valence electrons. The molecule has 1 atom stereocenters. The number of aliphatic hydroxyl groups is 1. The van der Waals surface area contributed by atoms with Gasteiger partial charge in [0.05, 0.1) is 12.9 Å². The molecular formula is C15H23NO3. The van der Waals surface area contributed by atoms with Gasteiger partial charge in [0.15, 0.2) is 0 Å². The molecule has 1 saturated carbocycles. The second-order valence-electron chi connectivity index (χ2n) is 5.38. The number of rotatable bonds is 5. The van der Waals surface area contributed by atoms with E-state index in [1.807, 2.05) is 0 Å². The first-order valence-corrected chi connectivity index (χ1v) is 7.23. The van der Waals surface area contributed by atoms with Gasteiger partial charge in [-0.2, -0.15) is 0 Å². The Hall–Kier alpha value is -1.29. The van der Waals surface area contributed by atoms with Gasteiger partial charge in [-0.1, -0.05) is 25.7 Å². The first kappa shape index (κ1) is 14.1. The third-order valence-corrected chi connectivity index (χ3v) is 3.85. The summed E-state index contributed by atoms with van der Waals surface area (Å²) in [5.41, 5.74) is 0. The maximum absolute atomic E-state index is 12.0. The molecular weight excluding hydrogens is 242 g/mol. The second-order valence-corrected chi connectivity index (χ2v) is 5.38. The number of furan rings is 1. The van der Waals surface area contributed by atoms with Gasteiger partial charge >= 0.3 is 0 Å². The van der Waals surface area contributed by atoms with Crippen LogP contribution in [0.1, 0.15) is 56.7 Å². The Balaban J connectivity index is 1.82. The van der Waals surface area contributed by atoms with E-state index in [0.717, 1.165) is 12.8 Å². The lowest BCUT2D eigenvalue weighted by Gasteiger charge is -2.17. The van der Waals surface area contributed by atoms with Gasteiger partial charge in [0.2, 0.25) is 5.91 Å². The predicted molar refractivity (Wildman–Crippen MR) is 72.5 cm³/mol. The van der Waals surface area contributed by atoms with Crippen molar-refractivity contribution in [3.05, 3.63) is 24.2 Å². The van der Waals surface area contributed by atoms with Crippen molar-refractivity contribution in [1.82, 2.24) is 5.32 Å². The highest BCUT2D eigenvalue weighted by Gasteiger charge is 2.20. The summed E-state index contributed by atoms with van der Waals surface area (Å²) in [6, 6.07) is 3.11. The van der Waals surface area contributed by atoms with E-state index in [1.54, 1.807) is 18.4 Å². The molecule has 0 radical (unpaired) electrons. The van der Waals surface area contributed by atoms with Crippen LogP contribution in [0.3, 0.4) is 0 Å². The largest absolute Gasteiger partial charge is 0.467 e. The Labute approximate surface area is 114 Å². The topological polar surface area (TPSA) is 62.5 Å². The summed E-state index contributed by atoms with van der Waals surface area (Å²) in [5.74, 6) is 1.12. The fraction of sp³-hybridized carbons (Fsp3) is 0.667. The molecule has 4 heteroatoms. The Morgan fingerprint density at radius 2 is 2.11 bits per heavy atom. The third kappa shape index (κ3) is 4.39. The molecule has 1 unspecified atom stereocenters. The fourth-order valence-corrected chi connectivity index (χ4v) is 2.78. The van der Waals surface area contributed by atoms with Gasteiger partial charge in [0.25, 0.3) is 0 Å². The van der Waals surface area contributed by atoms with Gasteiger partial charge < -0.3 is 14.8 Å². The van der Waals surface area contributed by atoms with Gasteiger partial charge in [-0.3, -0.25) is 4.79 Å². The van der Waals surface area contributed by atoms with Crippen LogP contribution < -0.4 is 5.32 Å². The van der Waals surface area contributed by atoms with E-state index in [0.29, 0.717) is 18.1 Å². The molecule has 1 aliphatic carbocycles. The molecule has 1 aliphatic rings. The van der Waals surface area contributed by atoms with Gasteiger partial charge in [0, 0.05) is 6.42 Å². The van der Waals surface area contributed by atoms with Crippen LogP contribution in [0.5, 0.6) is 0 Å². The Bertz CT molecular complexity index is 367. The first-order valence-electron chi connectivity index (χ1n) is 7.23. The van der Waals surface area contributed by atoms with Crippen LogP contribution in [0.2, 0.25) is 0 Å². The van der Waals surface area contributed by atoms with Crippen LogP contribution in [0, 0.1) is 5.92 Å². The maximum atomic E-state index is 12.0. The SMILES string of the molecule is O=C(CC1CCCCCC1)NC(CO)c1ccco1. The summed E-state index contributed by atoms with van der Waals surface area (Å²) in [6.07, 6.45) is 9.48. The van der Waals surface area contributed by atoms with Crippen molar-refractivity contribution in [3.8, 4) is 0 Å². The summed E-state index contributed by atoms with van der Waals surface area (Å²) in [5, 5.41) is 12.2. The smallest absolute Gasteiger partial charge is 0.220 e. The van der Waals surface area contributed by atoms with Crippen molar-refractivity contribution >= 4 is 5.91 Å². The van der Waals surface area contributed by atoms with E-state index in [4.69, 9.17) is 4.42 Å². The summed E-state index contributed by atoms with van der Waals surface area (Å²) < 4.78 is 5.22. The average Bonchev–Trinajstić information content (AvgIpc) is 2.82. The molecule has 1 aromatic heterocycles. The average molecular weight is 265 g/mol. The Kier molecular flexibility index (Phi) is 5.45. The van der Waals surface area contributed by atoms with Gasteiger partial charge in [0.1, 0.15) is 11.8 Å². The van der Waals surface area contributed by atoms with Crippen molar-refractivity contribution in [2.45, 2.75) is 51.0 Å². The monoisotopic (exact) mass is 265 g/mol. The lowest BCUT2D eigenvalue weighted by Crippen LogP contribution is -2.31. The second kappa shape index (κ2) is 7.34. The number of amides is 1. The molecule has 1 amide bonds. The minimum Gasteiger partial charge on any atom is -0.467 e. The molecule has 1 fully saturated rings. The molecule has 2 rings (SSSR count). The van der Waals surface area contributed by atoms with Gasteiger partial charge in [-0.15, -0.1) is 0 Å². The standard InChI is InChI=1S/C15H23NO3/c17-11-13(14-8-5-9-19-14)16-15(18)10-12-6-3-1-2-4-7-12/h5,8-9,12-13,17H,1-4,6-7,10-11H2,(H,16,18). The molecule has 0 saturated heterocycles. The van der Waals surface area contributed by atoms with Crippen molar-refractivity contribution in [1.29, 1.82) is 0 Å². The van der Waals surface area contributed by atoms with Crippen molar-refractivity contribution < 1.29 is 14.3 Å². The molecule has 0 bridgehead atoms. The van der Waals surface area contributed by atoms with Crippen LogP contribution >= 0.6 is 0 Å². The van der Waals surface area contributed by atoms with E-state index >= 15 is 0 Å². The van der Waals surface area contributed by atoms with Gasteiger partial charge in [-0.05, 0) is 30.9 Å². The number of nitrogens with one attached hydrogen (secondary N) is 1. The van der Waals surface area contributed by atoms with Crippen LogP contribution in [-0.2, 0) is 4.79 Å². The van der Waals surface area contributed by atoms with E-state index < -0.39 is 6.04 Å². The normalized spacial score (nSPS) is 18.8. The van der Waals surface area contributed by atoms with Gasteiger partial charge in [-0.25, -0.2) is 0 Å². The van der Waals surface area contributed by atoms with Crippen molar-refractivity contribution in [2.24, 2.45) is 5.92 Å². The lowest BCUT2D eigenvalue weighted by atomic mass is 9.96. The summed E-state index contributed by atoms with van der Waals surface area (Å²) in [7, 11) is 0. The van der Waals surface area contributed by atoms with Crippen LogP contribution in [0.4, 0.5) is 0 Å². The zero-order chi connectivity index (χ0) is 13.5. The molecule has 1 aromatic rings. The highest BCUT2D eigenvalue weighted by Crippen LogP contribution is 2.25. The van der Waals surface area contributed by atoms with Crippen LogP contribution in [-0.4, -0.2) is 17.6 Å². The molecule has 0 spiro atoms. The highest BCUT2D eigenvalue weighted by atomic mass is 16.3. The lowest BCUT2D eigenvalue weighted by molar-refractivity contribution is -0.123. The van der Waals surface area contributed by atoms with E-state index in [2.05, 4.69) is 5.32 Å². The zero-order valence-corrected chi connectivity index (χ0v) is 11.3. The Morgan fingerprint density at radius 1 is 1.37 bits per heavy atom. The molecule has 19 heavy (non-hydrogen) atoms. The van der Waals surface area contributed by atoms with E-state index in [1.165, 1.54) is 25.7 Å². The van der Waals surface area contributed by atoms with Crippen molar-refractivity contribution in [3.63, 3.8) is 0 Å². The summed E-state index contributed by atoms with van der Waals surface area (Å²) in [6.45, 7) is -0.135. The van der Waals surface area contributed by atoms with Crippen molar-refractivity contribution in [2.75, 3.05) is 6.61 Å². The highest BCUT2D eigenvalue weighted by molar-refractivity contribution is 5.76. The number of hydrogen-bond donors (Lipinski definition) is 2. The predicted octanol–water partition coefficient (Wildman–Crippen LogP) is 2.79. The fourth-order valence-electron chi connectivity index (χ4n) is 2.78. The molecule has 0 aromatic carbocycles. The number of carbonyl (C=O) groups is 1. The molecule has 1 heterocycles. The van der Waals surface area contributed by atoms with Crippen LogP contribution in [0.25, 0.3) is 0 Å². The molecule has 0 aliphatic heterocycles. The zero-order valence-electron chi connectivity index (χ0n) is 11.3. The van der Waals surface area contributed by atoms with E-state index in [9.17, 15) is 9.90 Å². The van der Waals surface area contributed by atoms with E-state index in [-0.39, 0.29) is 12.5 Å². The third-order valence-electron chi connectivity index (χ3n) is 3.85. The molecule has 4 nitrogen and oxygen atoms in total. The number of carbonyl (C=O) groups excluding carboxylic acids is 1. The molecule has 2 N–H and O–H groups in total. The van der Waals surface area contributed by atoms with Crippen LogP contribution in [0.15, 0.2) is 22.8 Å². The first-order chi connectivity index (χ1) is 9.29. The number of hydrogen-bond acceptors (Lipinski definition) is 3. The Morgan fingerprint density at radius 3 is 2.68 bits per heavy atom. The number of aliphatic hydroxyl groups excluding tert-OH is 1. The quantitative estimate of drug-likeness (QED) is 0.805. The summed E-state index contributed by atoms with van der Waals surface area (Å²) >= 11 is 0. The minimum atomic E-state index is -0.423.